The van der Waals surface area contributed by atoms with Crippen LogP contribution in [0.1, 0.15) is 111 Å². The van der Waals surface area contributed by atoms with E-state index in [0.717, 1.165) is 19.3 Å². The second kappa shape index (κ2) is 20.5. The molecule has 0 spiro atoms. The zero-order valence-corrected chi connectivity index (χ0v) is 24.1. The van der Waals surface area contributed by atoms with E-state index in [2.05, 4.69) is 17.6 Å². The summed E-state index contributed by atoms with van der Waals surface area (Å²) in [5.74, 6) is -0.931. The minimum Gasteiger partial charge on any atom is -0.390 e. The topological polar surface area (TPSA) is 178 Å². The standard InChI is InChI=1S/C28H54N2O9/c1-4-5-6-7-8-9-10-11-12-13-14-15-16-17-21(33)23(34)27(30-20(3)32)39-28-26(37)25(36)24(35)22(38-28)18-29-19(2)31/h21-28,33-37H,4-18H2,1-3H3,(H,29,31)(H,30,32)/t21-,22?,23?,24?,25?,26?,27+,28?/m1/s1. The minimum absolute atomic E-state index is 0.158. The van der Waals surface area contributed by atoms with E-state index in [-0.39, 0.29) is 12.5 Å². The van der Waals surface area contributed by atoms with Gasteiger partial charge in [0.2, 0.25) is 11.8 Å². The van der Waals surface area contributed by atoms with E-state index < -0.39 is 55.0 Å². The number of amides is 2. The molecule has 0 radical (unpaired) electrons. The third kappa shape index (κ3) is 14.7. The van der Waals surface area contributed by atoms with Crippen LogP contribution in [0.3, 0.4) is 0 Å². The van der Waals surface area contributed by atoms with Gasteiger partial charge in [0.15, 0.2) is 12.5 Å². The molecule has 1 fully saturated rings. The summed E-state index contributed by atoms with van der Waals surface area (Å²) in [5, 5.41) is 56.8. The first-order valence-electron chi connectivity index (χ1n) is 14.8. The van der Waals surface area contributed by atoms with Crippen LogP contribution in [0.25, 0.3) is 0 Å². The SMILES string of the molecule is CCCCCCCCCCCCCCC[C@@H](O)C(O)[C@@H](NC(C)=O)OC1OC(CNC(C)=O)C(O)C(O)C1O. The lowest BCUT2D eigenvalue weighted by molar-refractivity contribution is -0.316. The summed E-state index contributed by atoms with van der Waals surface area (Å²) >= 11 is 0. The Morgan fingerprint density at radius 3 is 1.77 bits per heavy atom. The van der Waals surface area contributed by atoms with E-state index in [1.807, 2.05) is 0 Å². The number of carbonyl (C=O) groups is 2. The first-order chi connectivity index (χ1) is 18.6. The molecule has 1 aliphatic rings. The van der Waals surface area contributed by atoms with Crippen molar-refractivity contribution in [2.75, 3.05) is 6.54 Å². The van der Waals surface area contributed by atoms with E-state index in [1.54, 1.807) is 0 Å². The second-order valence-corrected chi connectivity index (χ2v) is 10.8. The second-order valence-electron chi connectivity index (χ2n) is 10.8. The van der Waals surface area contributed by atoms with Crippen molar-refractivity contribution in [1.29, 1.82) is 0 Å². The Hall–Kier alpha value is -1.34. The molecule has 0 aromatic rings. The molecule has 6 unspecified atom stereocenters. The van der Waals surface area contributed by atoms with Gasteiger partial charge in [-0.05, 0) is 6.42 Å². The molecule has 7 N–H and O–H groups in total. The number of nitrogens with one attached hydrogen (secondary N) is 2. The van der Waals surface area contributed by atoms with E-state index in [9.17, 15) is 35.1 Å². The van der Waals surface area contributed by atoms with Gasteiger partial charge in [0, 0.05) is 20.4 Å². The molecular formula is C28H54N2O9. The molecule has 0 aromatic heterocycles. The van der Waals surface area contributed by atoms with Crippen molar-refractivity contribution < 1.29 is 44.6 Å². The normalized spacial score (nSPS) is 25.6. The molecule has 1 rings (SSSR count). The maximum Gasteiger partial charge on any atom is 0.218 e. The van der Waals surface area contributed by atoms with Crippen LogP contribution >= 0.6 is 0 Å². The monoisotopic (exact) mass is 562 g/mol. The van der Waals surface area contributed by atoms with Gasteiger partial charge in [-0.3, -0.25) is 9.59 Å². The number of aliphatic hydroxyl groups is 5. The molecule has 230 valence electrons. The van der Waals surface area contributed by atoms with Crippen molar-refractivity contribution in [1.82, 2.24) is 10.6 Å². The molecule has 0 aromatic carbocycles. The predicted molar refractivity (Wildman–Crippen MR) is 146 cm³/mol. The first kappa shape index (κ1) is 35.7. The van der Waals surface area contributed by atoms with Gasteiger partial charge in [0.25, 0.3) is 0 Å². The van der Waals surface area contributed by atoms with Gasteiger partial charge in [0.05, 0.1) is 6.10 Å². The average Bonchev–Trinajstić information content (AvgIpc) is 2.89. The van der Waals surface area contributed by atoms with Crippen LogP contribution in [-0.2, 0) is 19.1 Å². The van der Waals surface area contributed by atoms with Crippen LogP contribution in [0.4, 0.5) is 0 Å². The number of carbonyl (C=O) groups excluding carboxylic acids is 2. The molecule has 0 saturated carbocycles. The molecule has 1 heterocycles. The highest BCUT2D eigenvalue weighted by molar-refractivity contribution is 5.73. The van der Waals surface area contributed by atoms with Crippen molar-refractivity contribution in [2.45, 2.75) is 160 Å². The summed E-state index contributed by atoms with van der Waals surface area (Å²) in [6.07, 6.45) is 4.05. The Morgan fingerprint density at radius 2 is 1.28 bits per heavy atom. The van der Waals surface area contributed by atoms with Crippen molar-refractivity contribution in [3.8, 4) is 0 Å². The molecule has 1 saturated heterocycles. The summed E-state index contributed by atoms with van der Waals surface area (Å²) in [7, 11) is 0. The van der Waals surface area contributed by atoms with Crippen LogP contribution in [-0.4, -0.2) is 93.0 Å². The summed E-state index contributed by atoms with van der Waals surface area (Å²) in [5.41, 5.74) is 0. The van der Waals surface area contributed by atoms with E-state index in [4.69, 9.17) is 9.47 Å². The van der Waals surface area contributed by atoms with Gasteiger partial charge in [-0.15, -0.1) is 0 Å². The van der Waals surface area contributed by atoms with Crippen LogP contribution in [0.15, 0.2) is 0 Å². The quantitative estimate of drug-likeness (QED) is 0.0809. The Kier molecular flexibility index (Phi) is 18.8. The molecule has 0 aliphatic carbocycles. The smallest absolute Gasteiger partial charge is 0.218 e. The van der Waals surface area contributed by atoms with Gasteiger partial charge in [-0.1, -0.05) is 90.4 Å². The van der Waals surface area contributed by atoms with Crippen molar-refractivity contribution in [3.05, 3.63) is 0 Å². The van der Waals surface area contributed by atoms with Crippen molar-refractivity contribution in [3.63, 3.8) is 0 Å². The summed E-state index contributed by atoms with van der Waals surface area (Å²) in [6, 6.07) is 0. The van der Waals surface area contributed by atoms with Crippen LogP contribution in [0.2, 0.25) is 0 Å². The lowest BCUT2D eigenvalue weighted by Crippen LogP contribution is -2.63. The third-order valence-electron chi connectivity index (χ3n) is 7.15. The fraction of sp³-hybridized carbons (Fsp3) is 0.929. The highest BCUT2D eigenvalue weighted by Gasteiger charge is 2.46. The molecule has 11 heteroatoms. The lowest BCUT2D eigenvalue weighted by atomic mass is 9.98. The van der Waals surface area contributed by atoms with E-state index in [1.165, 1.54) is 71.6 Å². The van der Waals surface area contributed by atoms with Gasteiger partial charge >= 0.3 is 0 Å². The van der Waals surface area contributed by atoms with Gasteiger partial charge in [-0.25, -0.2) is 0 Å². The summed E-state index contributed by atoms with van der Waals surface area (Å²) in [6.45, 7) is 4.55. The van der Waals surface area contributed by atoms with Crippen molar-refractivity contribution in [2.24, 2.45) is 0 Å². The third-order valence-corrected chi connectivity index (χ3v) is 7.15. The fourth-order valence-corrected chi connectivity index (χ4v) is 4.73. The molecule has 2 amide bonds. The minimum atomic E-state index is -1.70. The first-order valence-corrected chi connectivity index (χ1v) is 14.8. The Bertz CT molecular complexity index is 669. The Balaban J connectivity index is 2.43. The number of unbranched alkanes of at least 4 members (excludes halogenated alkanes) is 12. The lowest BCUT2D eigenvalue weighted by Gasteiger charge is -2.42. The fourth-order valence-electron chi connectivity index (χ4n) is 4.73. The largest absolute Gasteiger partial charge is 0.390 e. The Morgan fingerprint density at radius 1 is 0.769 bits per heavy atom. The molecule has 8 atom stereocenters. The highest BCUT2D eigenvalue weighted by Crippen LogP contribution is 2.24. The van der Waals surface area contributed by atoms with Crippen LogP contribution in [0, 0.1) is 0 Å². The van der Waals surface area contributed by atoms with Crippen LogP contribution in [0.5, 0.6) is 0 Å². The van der Waals surface area contributed by atoms with Crippen LogP contribution < -0.4 is 10.6 Å². The summed E-state index contributed by atoms with van der Waals surface area (Å²) in [4.78, 5) is 22.9. The molecule has 0 bridgehead atoms. The maximum absolute atomic E-state index is 11.7. The Labute approximate surface area is 233 Å². The number of rotatable bonds is 21. The molecule has 1 aliphatic heterocycles. The van der Waals surface area contributed by atoms with Gasteiger partial charge in [0.1, 0.15) is 30.5 Å². The molecule has 39 heavy (non-hydrogen) atoms. The predicted octanol–water partition coefficient (Wildman–Crippen LogP) is 1.61. The number of hydrogen-bond donors (Lipinski definition) is 7. The van der Waals surface area contributed by atoms with Gasteiger partial charge in [-0.2, -0.15) is 0 Å². The van der Waals surface area contributed by atoms with Gasteiger partial charge < -0.3 is 45.6 Å². The number of aliphatic hydroxyl groups excluding tert-OH is 5. The maximum atomic E-state index is 11.7. The number of ether oxygens (including phenoxy) is 2. The highest BCUT2D eigenvalue weighted by atomic mass is 16.7. The average molecular weight is 563 g/mol. The molecule has 11 nitrogen and oxygen atoms in total. The summed E-state index contributed by atoms with van der Waals surface area (Å²) < 4.78 is 11.1. The number of hydrogen-bond acceptors (Lipinski definition) is 9. The van der Waals surface area contributed by atoms with E-state index >= 15 is 0 Å². The molecular weight excluding hydrogens is 508 g/mol. The zero-order valence-electron chi connectivity index (χ0n) is 24.1. The van der Waals surface area contributed by atoms with E-state index in [0.29, 0.717) is 12.8 Å². The van der Waals surface area contributed by atoms with Crippen molar-refractivity contribution >= 4 is 11.8 Å². The zero-order chi connectivity index (χ0) is 29.2.